The second-order valence-electron chi connectivity index (χ2n) is 6.58. The summed E-state index contributed by atoms with van der Waals surface area (Å²) in [7, 11) is 0. The molecule has 0 spiro atoms. The third-order valence-electron chi connectivity index (χ3n) is 4.48. The number of nitrogens with two attached hydrogens (primary N) is 2. The molecule has 22 heavy (non-hydrogen) atoms. The van der Waals surface area contributed by atoms with E-state index in [1.807, 2.05) is 26.0 Å². The molecule has 1 unspecified atom stereocenters. The van der Waals surface area contributed by atoms with E-state index < -0.39 is 5.60 Å². The SMILES string of the molecule is CC(C)(OC(=O)CC(N)c1ccc(Cl)cc1)C1CC[NH2+]CC1. The van der Waals surface area contributed by atoms with Gasteiger partial charge in [-0.25, -0.2) is 0 Å². The standard InChI is InChI=1S/C17H25ClN2O2/c1-17(2,13-7-9-20-10-8-13)22-16(21)11-15(19)12-3-5-14(18)6-4-12/h3-6,13,15,20H,7-11,19H2,1-2H3/p+1. The Hall–Kier alpha value is -1.10. The van der Waals surface area contributed by atoms with Crippen LogP contribution in [0.3, 0.4) is 0 Å². The summed E-state index contributed by atoms with van der Waals surface area (Å²) in [6.45, 7) is 6.23. The van der Waals surface area contributed by atoms with E-state index in [1.54, 1.807) is 12.1 Å². The van der Waals surface area contributed by atoms with Gasteiger partial charge in [-0.3, -0.25) is 4.79 Å². The van der Waals surface area contributed by atoms with Crippen LogP contribution in [-0.4, -0.2) is 24.7 Å². The van der Waals surface area contributed by atoms with Crippen molar-refractivity contribution >= 4 is 17.6 Å². The maximum absolute atomic E-state index is 12.2. The van der Waals surface area contributed by atoms with Gasteiger partial charge in [-0.1, -0.05) is 23.7 Å². The van der Waals surface area contributed by atoms with Crippen LogP contribution < -0.4 is 11.1 Å². The molecule has 0 bridgehead atoms. The lowest BCUT2D eigenvalue weighted by Gasteiger charge is -2.35. The Labute approximate surface area is 137 Å². The number of piperidine rings is 1. The third-order valence-corrected chi connectivity index (χ3v) is 4.74. The van der Waals surface area contributed by atoms with Crippen molar-refractivity contribution in [3.8, 4) is 0 Å². The Morgan fingerprint density at radius 1 is 1.36 bits per heavy atom. The summed E-state index contributed by atoms with van der Waals surface area (Å²) in [6.07, 6.45) is 2.36. The lowest BCUT2D eigenvalue weighted by molar-refractivity contribution is -0.665. The molecule has 0 radical (unpaired) electrons. The molecule has 1 aliphatic rings. The maximum atomic E-state index is 12.2. The van der Waals surface area contributed by atoms with E-state index in [2.05, 4.69) is 5.32 Å². The molecule has 4 nitrogen and oxygen atoms in total. The zero-order valence-electron chi connectivity index (χ0n) is 13.3. The highest BCUT2D eigenvalue weighted by Crippen LogP contribution is 2.29. The minimum absolute atomic E-state index is 0.184. The lowest BCUT2D eigenvalue weighted by atomic mass is 9.83. The van der Waals surface area contributed by atoms with Crippen molar-refractivity contribution < 1.29 is 14.8 Å². The van der Waals surface area contributed by atoms with E-state index in [-0.39, 0.29) is 18.4 Å². The highest BCUT2D eigenvalue weighted by atomic mass is 35.5. The van der Waals surface area contributed by atoms with Crippen LogP contribution in [0.2, 0.25) is 5.02 Å². The number of carbonyl (C=O) groups excluding carboxylic acids is 1. The Balaban J connectivity index is 1.89. The Morgan fingerprint density at radius 2 is 1.95 bits per heavy atom. The van der Waals surface area contributed by atoms with Crippen molar-refractivity contribution in [3.05, 3.63) is 34.9 Å². The van der Waals surface area contributed by atoms with Crippen molar-refractivity contribution in [2.75, 3.05) is 13.1 Å². The average molecular weight is 326 g/mol. The third kappa shape index (κ3) is 4.70. The van der Waals surface area contributed by atoms with Crippen LogP contribution in [0, 0.1) is 5.92 Å². The Morgan fingerprint density at radius 3 is 2.55 bits per heavy atom. The van der Waals surface area contributed by atoms with Gasteiger partial charge in [-0.2, -0.15) is 0 Å². The molecule has 0 saturated carbocycles. The molecule has 1 atom stereocenters. The molecule has 5 heteroatoms. The van der Waals surface area contributed by atoms with Gasteiger partial charge >= 0.3 is 5.97 Å². The minimum Gasteiger partial charge on any atom is -0.459 e. The second kappa shape index (κ2) is 7.44. The second-order valence-corrected chi connectivity index (χ2v) is 7.02. The van der Waals surface area contributed by atoms with Crippen LogP contribution in [0.25, 0.3) is 0 Å². The highest BCUT2D eigenvalue weighted by Gasteiger charge is 2.35. The van der Waals surface area contributed by atoms with Crippen LogP contribution in [0.1, 0.15) is 44.7 Å². The van der Waals surface area contributed by atoms with Gasteiger partial charge in [0.1, 0.15) is 5.60 Å². The summed E-state index contributed by atoms with van der Waals surface area (Å²) in [4.78, 5) is 12.2. The van der Waals surface area contributed by atoms with E-state index in [4.69, 9.17) is 22.1 Å². The summed E-state index contributed by atoms with van der Waals surface area (Å²) >= 11 is 5.86. The van der Waals surface area contributed by atoms with Crippen LogP contribution in [0.5, 0.6) is 0 Å². The summed E-state index contributed by atoms with van der Waals surface area (Å²) in [5.74, 6) is 0.190. The van der Waals surface area contributed by atoms with Crippen LogP contribution in [0.4, 0.5) is 0 Å². The largest absolute Gasteiger partial charge is 0.459 e. The van der Waals surface area contributed by atoms with Gasteiger partial charge in [-0.05, 0) is 31.5 Å². The normalized spacial score (nSPS) is 18.0. The maximum Gasteiger partial charge on any atom is 0.308 e. The van der Waals surface area contributed by atoms with Gasteiger partial charge < -0.3 is 15.8 Å². The molecule has 1 aromatic rings. The number of halogens is 1. The first-order chi connectivity index (χ1) is 10.4. The summed E-state index contributed by atoms with van der Waals surface area (Å²) in [5, 5.41) is 2.97. The molecule has 2 rings (SSSR count). The molecule has 1 aliphatic heterocycles. The highest BCUT2D eigenvalue weighted by molar-refractivity contribution is 6.30. The average Bonchev–Trinajstić information content (AvgIpc) is 2.48. The molecule has 0 aliphatic carbocycles. The van der Waals surface area contributed by atoms with Gasteiger partial charge in [0.05, 0.1) is 19.5 Å². The van der Waals surface area contributed by atoms with Gasteiger partial charge in [0.2, 0.25) is 0 Å². The number of carbonyl (C=O) groups is 1. The van der Waals surface area contributed by atoms with Crippen LogP contribution >= 0.6 is 11.6 Å². The smallest absolute Gasteiger partial charge is 0.308 e. The summed E-state index contributed by atoms with van der Waals surface area (Å²) in [6, 6.07) is 6.90. The molecule has 0 amide bonds. The molecule has 0 aromatic heterocycles. The molecule has 122 valence electrons. The molecular formula is C17H26ClN2O2+. The fraction of sp³-hybridized carbons (Fsp3) is 0.588. The van der Waals surface area contributed by atoms with E-state index in [9.17, 15) is 4.79 Å². The number of benzene rings is 1. The number of esters is 1. The number of quaternary nitrogens is 1. The van der Waals surface area contributed by atoms with Crippen molar-refractivity contribution in [2.24, 2.45) is 11.7 Å². The molecular weight excluding hydrogens is 300 g/mol. The predicted molar refractivity (Wildman–Crippen MR) is 87.6 cm³/mol. The van der Waals surface area contributed by atoms with E-state index >= 15 is 0 Å². The number of hydrogen-bond donors (Lipinski definition) is 2. The van der Waals surface area contributed by atoms with Crippen molar-refractivity contribution in [1.82, 2.24) is 0 Å². The number of rotatable bonds is 5. The van der Waals surface area contributed by atoms with Crippen molar-refractivity contribution in [3.63, 3.8) is 0 Å². The fourth-order valence-electron chi connectivity index (χ4n) is 3.05. The predicted octanol–water partition coefficient (Wildman–Crippen LogP) is 2.03. The molecule has 1 fully saturated rings. The van der Waals surface area contributed by atoms with Crippen molar-refractivity contribution in [2.45, 2.75) is 44.8 Å². The van der Waals surface area contributed by atoms with Gasteiger partial charge in [-0.15, -0.1) is 0 Å². The first-order valence-corrected chi connectivity index (χ1v) is 8.31. The molecule has 1 saturated heterocycles. The summed E-state index contributed by atoms with van der Waals surface area (Å²) < 4.78 is 5.73. The quantitative estimate of drug-likeness (QED) is 0.814. The van der Waals surface area contributed by atoms with Crippen molar-refractivity contribution in [1.29, 1.82) is 0 Å². The topological polar surface area (TPSA) is 68.9 Å². The fourth-order valence-corrected chi connectivity index (χ4v) is 3.17. The molecule has 1 aromatic carbocycles. The van der Waals surface area contributed by atoms with E-state index in [0.717, 1.165) is 31.5 Å². The minimum atomic E-state index is -0.426. The Bertz CT molecular complexity index is 496. The summed E-state index contributed by atoms with van der Waals surface area (Å²) in [5.41, 5.74) is 6.56. The molecule has 1 heterocycles. The first-order valence-electron chi connectivity index (χ1n) is 7.93. The molecule has 4 N–H and O–H groups in total. The van der Waals surface area contributed by atoms with E-state index in [1.165, 1.54) is 0 Å². The van der Waals surface area contributed by atoms with Gasteiger partial charge in [0, 0.05) is 29.8 Å². The van der Waals surface area contributed by atoms with E-state index in [0.29, 0.717) is 10.9 Å². The zero-order valence-corrected chi connectivity index (χ0v) is 14.1. The lowest BCUT2D eigenvalue weighted by Crippen LogP contribution is -2.86. The number of ether oxygens (including phenoxy) is 1. The Kier molecular flexibility index (Phi) is 5.84. The first kappa shape index (κ1) is 17.3. The van der Waals surface area contributed by atoms with Gasteiger partial charge in [0.25, 0.3) is 0 Å². The number of hydrogen-bond acceptors (Lipinski definition) is 3. The van der Waals surface area contributed by atoms with Crippen LogP contribution in [-0.2, 0) is 9.53 Å². The zero-order chi connectivity index (χ0) is 16.2. The van der Waals surface area contributed by atoms with Crippen LogP contribution in [0.15, 0.2) is 24.3 Å². The van der Waals surface area contributed by atoms with Gasteiger partial charge in [0.15, 0.2) is 0 Å². The monoisotopic (exact) mass is 325 g/mol.